The minimum atomic E-state index is -0.703. The van der Waals surface area contributed by atoms with Crippen LogP contribution < -0.4 is 4.74 Å². The first-order valence-electron chi connectivity index (χ1n) is 5.40. The van der Waals surface area contributed by atoms with Crippen LogP contribution in [0.15, 0.2) is 12.1 Å². The summed E-state index contributed by atoms with van der Waals surface area (Å²) in [5.74, 6) is 1.29. The molecule has 1 unspecified atom stereocenters. The highest BCUT2D eigenvalue weighted by Crippen LogP contribution is 2.47. The summed E-state index contributed by atoms with van der Waals surface area (Å²) in [6, 6.07) is 4.21. The van der Waals surface area contributed by atoms with Gasteiger partial charge in [-0.05, 0) is 24.0 Å². The van der Waals surface area contributed by atoms with E-state index in [1.54, 1.807) is 7.11 Å². The zero-order valence-electron chi connectivity index (χ0n) is 9.79. The molecule has 15 heavy (non-hydrogen) atoms. The minimum absolute atomic E-state index is 0.418. The second kappa shape index (κ2) is 3.24. The van der Waals surface area contributed by atoms with E-state index >= 15 is 0 Å². The van der Waals surface area contributed by atoms with Gasteiger partial charge in [-0.1, -0.05) is 26.0 Å². The molecule has 0 amide bonds. The van der Waals surface area contributed by atoms with Crippen LogP contribution in [0, 0.1) is 0 Å². The number of methoxy groups -OCH3 is 1. The number of aliphatic hydroxyl groups is 1. The Morgan fingerprint density at radius 1 is 1.40 bits per heavy atom. The Kier molecular flexibility index (Phi) is 2.27. The van der Waals surface area contributed by atoms with E-state index in [0.29, 0.717) is 5.92 Å². The molecule has 0 fully saturated rings. The standard InChI is InChI=1S/C13H18O2/c1-8(2)10-6-5-9-7-13(3,14)11(9)12(10)15-4/h5-6,8,14H,7H2,1-4H3. The number of fused-ring (bicyclic) bond motifs is 1. The first-order chi connectivity index (χ1) is 6.97. The Labute approximate surface area is 90.9 Å². The fourth-order valence-electron chi connectivity index (χ4n) is 2.40. The third-order valence-electron chi connectivity index (χ3n) is 3.17. The molecule has 0 spiro atoms. The van der Waals surface area contributed by atoms with Crippen LogP contribution in [0.25, 0.3) is 0 Å². The van der Waals surface area contributed by atoms with E-state index in [1.165, 1.54) is 11.1 Å². The van der Waals surface area contributed by atoms with Gasteiger partial charge in [0, 0.05) is 12.0 Å². The Morgan fingerprint density at radius 3 is 2.53 bits per heavy atom. The van der Waals surface area contributed by atoms with Crippen molar-refractivity contribution < 1.29 is 9.84 Å². The maximum Gasteiger partial charge on any atom is 0.128 e. The van der Waals surface area contributed by atoms with Crippen LogP contribution in [-0.2, 0) is 12.0 Å². The molecule has 2 rings (SSSR count). The molecule has 0 aromatic heterocycles. The average Bonchev–Trinajstić information content (AvgIpc) is 2.14. The molecule has 1 aliphatic rings. The van der Waals surface area contributed by atoms with Crippen LogP contribution in [0.2, 0.25) is 0 Å². The van der Waals surface area contributed by atoms with Gasteiger partial charge >= 0.3 is 0 Å². The van der Waals surface area contributed by atoms with Crippen molar-refractivity contribution in [3.05, 3.63) is 28.8 Å². The zero-order valence-corrected chi connectivity index (χ0v) is 9.79. The van der Waals surface area contributed by atoms with Crippen molar-refractivity contribution in [2.45, 2.75) is 38.7 Å². The molecule has 0 heterocycles. The first kappa shape index (κ1) is 10.5. The summed E-state index contributed by atoms with van der Waals surface area (Å²) < 4.78 is 5.45. The van der Waals surface area contributed by atoms with E-state index in [0.717, 1.165) is 17.7 Å². The molecule has 0 aliphatic heterocycles. The van der Waals surface area contributed by atoms with Crippen LogP contribution in [0.3, 0.4) is 0 Å². The smallest absolute Gasteiger partial charge is 0.128 e. The Bertz CT molecular complexity index is 392. The van der Waals surface area contributed by atoms with E-state index in [9.17, 15) is 5.11 Å². The maximum absolute atomic E-state index is 10.1. The molecule has 82 valence electrons. The lowest BCUT2D eigenvalue weighted by atomic mass is 9.72. The normalized spacial score (nSPS) is 23.6. The molecular weight excluding hydrogens is 188 g/mol. The van der Waals surface area contributed by atoms with Crippen molar-refractivity contribution >= 4 is 0 Å². The summed E-state index contributed by atoms with van der Waals surface area (Å²) in [5.41, 5.74) is 2.67. The second-order valence-electron chi connectivity index (χ2n) is 4.83. The lowest BCUT2D eigenvalue weighted by Gasteiger charge is -2.38. The summed E-state index contributed by atoms with van der Waals surface area (Å²) in [5, 5.41) is 10.1. The average molecular weight is 206 g/mol. The first-order valence-corrected chi connectivity index (χ1v) is 5.40. The molecule has 2 heteroatoms. The molecular formula is C13H18O2. The Morgan fingerprint density at radius 2 is 2.07 bits per heavy atom. The third-order valence-corrected chi connectivity index (χ3v) is 3.17. The summed E-state index contributed by atoms with van der Waals surface area (Å²) in [6.45, 7) is 6.12. The quantitative estimate of drug-likeness (QED) is 0.806. The Hall–Kier alpha value is -1.02. The van der Waals surface area contributed by atoms with E-state index in [-0.39, 0.29) is 0 Å². The fraction of sp³-hybridized carbons (Fsp3) is 0.538. The van der Waals surface area contributed by atoms with Crippen molar-refractivity contribution in [1.82, 2.24) is 0 Å². The minimum Gasteiger partial charge on any atom is -0.496 e. The van der Waals surface area contributed by atoms with Gasteiger partial charge in [0.05, 0.1) is 12.7 Å². The van der Waals surface area contributed by atoms with Crippen molar-refractivity contribution in [3.63, 3.8) is 0 Å². The molecule has 0 bridgehead atoms. The number of rotatable bonds is 2. The molecule has 1 atom stereocenters. The number of hydrogen-bond donors (Lipinski definition) is 1. The lowest BCUT2D eigenvalue weighted by molar-refractivity contribution is 0.0296. The highest BCUT2D eigenvalue weighted by molar-refractivity contribution is 5.56. The predicted octanol–water partition coefficient (Wildman–Crippen LogP) is 2.58. The third kappa shape index (κ3) is 1.44. The largest absolute Gasteiger partial charge is 0.496 e. The van der Waals surface area contributed by atoms with Gasteiger partial charge in [0.2, 0.25) is 0 Å². The summed E-state index contributed by atoms with van der Waals surface area (Å²) in [7, 11) is 1.68. The van der Waals surface area contributed by atoms with Gasteiger partial charge in [0.15, 0.2) is 0 Å². The van der Waals surface area contributed by atoms with Gasteiger partial charge < -0.3 is 9.84 Å². The van der Waals surface area contributed by atoms with Crippen LogP contribution in [0.1, 0.15) is 43.4 Å². The van der Waals surface area contributed by atoms with Crippen molar-refractivity contribution in [2.75, 3.05) is 7.11 Å². The molecule has 1 aromatic rings. The number of hydrogen-bond acceptors (Lipinski definition) is 2. The lowest BCUT2D eigenvalue weighted by Crippen LogP contribution is -2.36. The molecule has 0 radical (unpaired) electrons. The summed E-state index contributed by atoms with van der Waals surface area (Å²) in [6.07, 6.45) is 0.733. The monoisotopic (exact) mass is 206 g/mol. The molecule has 1 aromatic carbocycles. The van der Waals surface area contributed by atoms with Gasteiger partial charge in [0.1, 0.15) is 5.75 Å². The molecule has 1 aliphatic carbocycles. The van der Waals surface area contributed by atoms with Crippen LogP contribution in [0.5, 0.6) is 5.75 Å². The van der Waals surface area contributed by atoms with Gasteiger partial charge in [-0.25, -0.2) is 0 Å². The highest BCUT2D eigenvalue weighted by atomic mass is 16.5. The van der Waals surface area contributed by atoms with Crippen LogP contribution in [0.4, 0.5) is 0 Å². The summed E-state index contributed by atoms with van der Waals surface area (Å²) >= 11 is 0. The van der Waals surface area contributed by atoms with Crippen molar-refractivity contribution in [2.24, 2.45) is 0 Å². The predicted molar refractivity (Wildman–Crippen MR) is 60.4 cm³/mol. The molecule has 0 saturated carbocycles. The maximum atomic E-state index is 10.1. The second-order valence-corrected chi connectivity index (χ2v) is 4.83. The molecule has 2 nitrogen and oxygen atoms in total. The van der Waals surface area contributed by atoms with Gasteiger partial charge in [-0.3, -0.25) is 0 Å². The van der Waals surface area contributed by atoms with Crippen LogP contribution >= 0.6 is 0 Å². The zero-order chi connectivity index (χ0) is 11.2. The van der Waals surface area contributed by atoms with Crippen molar-refractivity contribution in [3.8, 4) is 5.75 Å². The van der Waals surface area contributed by atoms with Crippen LogP contribution in [-0.4, -0.2) is 12.2 Å². The molecule has 0 saturated heterocycles. The van der Waals surface area contributed by atoms with Gasteiger partial charge in [-0.15, -0.1) is 0 Å². The topological polar surface area (TPSA) is 29.5 Å². The SMILES string of the molecule is COc1c(C(C)C)ccc2c1C(C)(O)C2. The Balaban J connectivity index is 2.59. The van der Waals surface area contributed by atoms with E-state index in [4.69, 9.17) is 4.74 Å². The number of benzene rings is 1. The van der Waals surface area contributed by atoms with E-state index in [2.05, 4.69) is 26.0 Å². The van der Waals surface area contributed by atoms with E-state index in [1.807, 2.05) is 6.92 Å². The van der Waals surface area contributed by atoms with E-state index < -0.39 is 5.60 Å². The highest BCUT2D eigenvalue weighted by Gasteiger charge is 2.40. The van der Waals surface area contributed by atoms with Gasteiger partial charge in [0.25, 0.3) is 0 Å². The summed E-state index contributed by atoms with van der Waals surface area (Å²) in [4.78, 5) is 0. The molecule has 1 N–H and O–H groups in total. The number of ether oxygens (including phenoxy) is 1. The fourth-order valence-corrected chi connectivity index (χ4v) is 2.40. The van der Waals surface area contributed by atoms with Gasteiger partial charge in [-0.2, -0.15) is 0 Å². The van der Waals surface area contributed by atoms with Crippen molar-refractivity contribution in [1.29, 1.82) is 0 Å².